The maximum atomic E-state index is 12.1. The van der Waals surface area contributed by atoms with E-state index in [4.69, 9.17) is 0 Å². The van der Waals surface area contributed by atoms with Crippen LogP contribution in [0.5, 0.6) is 0 Å². The molecule has 0 atom stereocenters. The predicted molar refractivity (Wildman–Crippen MR) is 77.8 cm³/mol. The van der Waals surface area contributed by atoms with E-state index in [9.17, 15) is 4.79 Å². The Labute approximate surface area is 112 Å². The molecule has 0 bridgehead atoms. The molecule has 1 heterocycles. The first kappa shape index (κ1) is 11.8. The molecule has 2 aromatic rings. The molecule has 0 aliphatic carbocycles. The highest BCUT2D eigenvalue weighted by Crippen LogP contribution is 2.25. The van der Waals surface area contributed by atoms with Crippen LogP contribution in [-0.2, 0) is 6.42 Å². The Bertz CT molecular complexity index is 634. The molecule has 1 aliphatic rings. The normalized spacial score (nSPS) is 12.7. The van der Waals surface area contributed by atoms with E-state index in [1.807, 2.05) is 49.4 Å². The van der Waals surface area contributed by atoms with Gasteiger partial charge in [-0.3, -0.25) is 4.79 Å². The lowest BCUT2D eigenvalue weighted by Crippen LogP contribution is -2.12. The van der Waals surface area contributed by atoms with Gasteiger partial charge in [0.1, 0.15) is 0 Å². The molecule has 96 valence electrons. The fourth-order valence-electron chi connectivity index (χ4n) is 2.37. The first-order valence-corrected chi connectivity index (χ1v) is 6.47. The van der Waals surface area contributed by atoms with Crippen molar-refractivity contribution >= 4 is 17.3 Å². The molecule has 0 fully saturated rings. The Kier molecular flexibility index (Phi) is 2.95. The van der Waals surface area contributed by atoms with Crippen molar-refractivity contribution in [3.8, 4) is 0 Å². The van der Waals surface area contributed by atoms with Crippen LogP contribution in [0.15, 0.2) is 42.5 Å². The molecule has 0 radical (unpaired) electrons. The second-order valence-electron chi connectivity index (χ2n) is 4.87. The number of fused-ring (bicyclic) bond motifs is 1. The minimum atomic E-state index is -0.0605. The Morgan fingerprint density at radius 3 is 2.95 bits per heavy atom. The second kappa shape index (κ2) is 4.76. The predicted octanol–water partition coefficient (Wildman–Crippen LogP) is 3.22. The van der Waals surface area contributed by atoms with E-state index in [0.29, 0.717) is 5.56 Å². The van der Waals surface area contributed by atoms with Gasteiger partial charge >= 0.3 is 0 Å². The van der Waals surface area contributed by atoms with Crippen molar-refractivity contribution in [2.45, 2.75) is 13.3 Å². The summed E-state index contributed by atoms with van der Waals surface area (Å²) in [5.41, 5.74) is 5.08. The maximum absolute atomic E-state index is 12.1. The van der Waals surface area contributed by atoms with Gasteiger partial charge in [-0.05, 0) is 49.2 Å². The molecule has 0 unspecified atom stereocenters. The van der Waals surface area contributed by atoms with Crippen LogP contribution < -0.4 is 10.6 Å². The number of nitrogens with one attached hydrogen (secondary N) is 2. The standard InChI is InChI=1S/C16H16N2O/c1-11-3-2-4-13(9-11)16(19)18-14-5-6-15-12(10-14)7-8-17-15/h2-6,9-10,17H,7-8H2,1H3,(H,18,19). The van der Waals surface area contributed by atoms with E-state index >= 15 is 0 Å². The summed E-state index contributed by atoms with van der Waals surface area (Å²) in [6.07, 6.45) is 1.02. The van der Waals surface area contributed by atoms with E-state index in [1.165, 1.54) is 11.3 Å². The van der Waals surface area contributed by atoms with Crippen molar-refractivity contribution in [2.75, 3.05) is 17.2 Å². The van der Waals surface area contributed by atoms with Gasteiger partial charge in [0.05, 0.1) is 0 Å². The second-order valence-corrected chi connectivity index (χ2v) is 4.87. The largest absolute Gasteiger partial charge is 0.384 e. The Balaban J connectivity index is 1.80. The van der Waals surface area contributed by atoms with Crippen LogP contribution in [0.25, 0.3) is 0 Å². The Morgan fingerprint density at radius 2 is 2.11 bits per heavy atom. The summed E-state index contributed by atoms with van der Waals surface area (Å²) in [6.45, 7) is 2.96. The quantitative estimate of drug-likeness (QED) is 0.861. The van der Waals surface area contributed by atoms with Gasteiger partial charge < -0.3 is 10.6 Å². The number of carbonyl (C=O) groups excluding carboxylic acids is 1. The van der Waals surface area contributed by atoms with E-state index < -0.39 is 0 Å². The molecule has 19 heavy (non-hydrogen) atoms. The number of hydrogen-bond donors (Lipinski definition) is 2. The molecule has 2 aromatic carbocycles. The summed E-state index contributed by atoms with van der Waals surface area (Å²) in [7, 11) is 0. The van der Waals surface area contributed by atoms with Gasteiger partial charge in [-0.25, -0.2) is 0 Å². The first-order valence-electron chi connectivity index (χ1n) is 6.47. The fourth-order valence-corrected chi connectivity index (χ4v) is 2.37. The van der Waals surface area contributed by atoms with Crippen molar-refractivity contribution in [1.29, 1.82) is 0 Å². The molecule has 0 aromatic heterocycles. The van der Waals surface area contributed by atoms with Crippen LogP contribution in [0, 0.1) is 6.92 Å². The average molecular weight is 252 g/mol. The van der Waals surface area contributed by atoms with Crippen molar-refractivity contribution in [2.24, 2.45) is 0 Å². The fraction of sp³-hybridized carbons (Fsp3) is 0.188. The van der Waals surface area contributed by atoms with Crippen molar-refractivity contribution < 1.29 is 4.79 Å². The summed E-state index contributed by atoms with van der Waals surface area (Å²) in [4.78, 5) is 12.1. The van der Waals surface area contributed by atoms with Crippen molar-refractivity contribution in [1.82, 2.24) is 0 Å². The van der Waals surface area contributed by atoms with Gasteiger partial charge in [0.25, 0.3) is 5.91 Å². The smallest absolute Gasteiger partial charge is 0.255 e. The van der Waals surface area contributed by atoms with Gasteiger partial charge in [-0.15, -0.1) is 0 Å². The van der Waals surface area contributed by atoms with Gasteiger partial charge in [0, 0.05) is 23.5 Å². The number of amides is 1. The molecular weight excluding hydrogens is 236 g/mol. The zero-order valence-electron chi connectivity index (χ0n) is 10.9. The molecule has 0 spiro atoms. The van der Waals surface area contributed by atoms with Crippen molar-refractivity contribution in [3.05, 3.63) is 59.2 Å². The summed E-state index contributed by atoms with van der Waals surface area (Å²) >= 11 is 0. The third-order valence-electron chi connectivity index (χ3n) is 3.35. The SMILES string of the molecule is Cc1cccc(C(=O)Nc2ccc3c(c2)CCN3)c1. The number of anilines is 2. The molecule has 3 rings (SSSR count). The molecule has 1 amide bonds. The monoisotopic (exact) mass is 252 g/mol. The number of carbonyl (C=O) groups is 1. The van der Waals surface area contributed by atoms with E-state index in [-0.39, 0.29) is 5.91 Å². The lowest BCUT2D eigenvalue weighted by Gasteiger charge is -2.08. The lowest BCUT2D eigenvalue weighted by atomic mass is 10.1. The molecule has 3 nitrogen and oxygen atoms in total. The Hall–Kier alpha value is -2.29. The minimum Gasteiger partial charge on any atom is -0.384 e. The van der Waals surface area contributed by atoms with Crippen LogP contribution in [-0.4, -0.2) is 12.5 Å². The third-order valence-corrected chi connectivity index (χ3v) is 3.35. The lowest BCUT2D eigenvalue weighted by molar-refractivity contribution is 0.102. The zero-order valence-corrected chi connectivity index (χ0v) is 10.9. The summed E-state index contributed by atoms with van der Waals surface area (Å²) < 4.78 is 0. The first-order chi connectivity index (χ1) is 9.22. The summed E-state index contributed by atoms with van der Waals surface area (Å²) in [5, 5.41) is 6.26. The maximum Gasteiger partial charge on any atom is 0.255 e. The highest BCUT2D eigenvalue weighted by Gasteiger charge is 2.11. The van der Waals surface area contributed by atoms with Gasteiger partial charge in [-0.2, -0.15) is 0 Å². The molecule has 2 N–H and O–H groups in total. The van der Waals surface area contributed by atoms with Crippen LogP contribution in [0.1, 0.15) is 21.5 Å². The van der Waals surface area contributed by atoms with Crippen LogP contribution in [0.3, 0.4) is 0 Å². The number of hydrogen-bond acceptors (Lipinski definition) is 2. The number of benzene rings is 2. The zero-order chi connectivity index (χ0) is 13.2. The van der Waals surface area contributed by atoms with Crippen LogP contribution in [0.4, 0.5) is 11.4 Å². The number of rotatable bonds is 2. The van der Waals surface area contributed by atoms with Gasteiger partial charge in [0.15, 0.2) is 0 Å². The van der Waals surface area contributed by atoms with Gasteiger partial charge in [-0.1, -0.05) is 17.7 Å². The highest BCUT2D eigenvalue weighted by molar-refractivity contribution is 6.04. The molecule has 0 saturated carbocycles. The molecule has 1 aliphatic heterocycles. The molecular formula is C16H16N2O. The van der Waals surface area contributed by atoms with Crippen LogP contribution in [0.2, 0.25) is 0 Å². The van der Waals surface area contributed by atoms with Crippen LogP contribution >= 0.6 is 0 Å². The third kappa shape index (κ3) is 2.45. The van der Waals surface area contributed by atoms with E-state index in [2.05, 4.69) is 10.6 Å². The van der Waals surface area contributed by atoms with E-state index in [1.54, 1.807) is 0 Å². The minimum absolute atomic E-state index is 0.0605. The number of aryl methyl sites for hydroxylation is 1. The Morgan fingerprint density at radius 1 is 1.21 bits per heavy atom. The topological polar surface area (TPSA) is 41.1 Å². The highest BCUT2D eigenvalue weighted by atomic mass is 16.1. The molecule has 3 heteroatoms. The summed E-state index contributed by atoms with van der Waals surface area (Å²) in [5.74, 6) is -0.0605. The average Bonchev–Trinajstić information content (AvgIpc) is 2.86. The summed E-state index contributed by atoms with van der Waals surface area (Å²) in [6, 6.07) is 13.6. The van der Waals surface area contributed by atoms with Gasteiger partial charge in [0.2, 0.25) is 0 Å². The van der Waals surface area contributed by atoms with E-state index in [0.717, 1.165) is 24.2 Å². The molecule has 0 saturated heterocycles. The van der Waals surface area contributed by atoms with Crippen molar-refractivity contribution in [3.63, 3.8) is 0 Å².